The van der Waals surface area contributed by atoms with E-state index in [1.54, 1.807) is 0 Å². The number of aliphatic hydroxyl groups is 1. The highest BCUT2D eigenvalue weighted by molar-refractivity contribution is 7.89. The average molecular weight is 315 g/mol. The summed E-state index contributed by atoms with van der Waals surface area (Å²) in [7, 11) is -2.43. The van der Waals surface area contributed by atoms with Crippen LogP contribution in [-0.2, 0) is 14.8 Å². The van der Waals surface area contributed by atoms with Crippen molar-refractivity contribution in [1.82, 2.24) is 4.72 Å². The molecular formula is C14H21NO5S. The lowest BCUT2D eigenvalue weighted by Crippen LogP contribution is -2.39. The van der Waals surface area contributed by atoms with Gasteiger partial charge in [0.2, 0.25) is 10.0 Å². The summed E-state index contributed by atoms with van der Waals surface area (Å²) in [6.45, 7) is 3.67. The summed E-state index contributed by atoms with van der Waals surface area (Å²) in [5, 5.41) is 8.99. The van der Waals surface area contributed by atoms with Gasteiger partial charge >= 0.3 is 5.97 Å². The van der Waals surface area contributed by atoms with E-state index in [-0.39, 0.29) is 29.0 Å². The second-order valence-corrected chi connectivity index (χ2v) is 6.71. The molecule has 0 heterocycles. The van der Waals surface area contributed by atoms with Crippen LogP contribution in [0.1, 0.15) is 30.6 Å². The monoisotopic (exact) mass is 315 g/mol. The van der Waals surface area contributed by atoms with Crippen LogP contribution < -0.4 is 4.72 Å². The Balaban J connectivity index is 2.94. The van der Waals surface area contributed by atoms with E-state index in [0.717, 1.165) is 0 Å². The van der Waals surface area contributed by atoms with Gasteiger partial charge in [0.15, 0.2) is 0 Å². The molecular weight excluding hydrogens is 294 g/mol. The number of methoxy groups -OCH3 is 1. The molecule has 0 aliphatic carbocycles. The lowest BCUT2D eigenvalue weighted by atomic mass is 10.0. The third-order valence-electron chi connectivity index (χ3n) is 3.14. The van der Waals surface area contributed by atoms with Gasteiger partial charge in [-0.3, -0.25) is 0 Å². The fraction of sp³-hybridized carbons (Fsp3) is 0.500. The molecule has 7 heteroatoms. The van der Waals surface area contributed by atoms with Gasteiger partial charge in [-0.25, -0.2) is 17.9 Å². The van der Waals surface area contributed by atoms with E-state index in [9.17, 15) is 13.2 Å². The quantitative estimate of drug-likeness (QED) is 0.737. The lowest BCUT2D eigenvalue weighted by Gasteiger charge is -2.21. The van der Waals surface area contributed by atoms with Crippen LogP contribution in [0.5, 0.6) is 0 Å². The van der Waals surface area contributed by atoms with Gasteiger partial charge in [0, 0.05) is 12.6 Å². The van der Waals surface area contributed by atoms with Crippen LogP contribution >= 0.6 is 0 Å². The Kier molecular flexibility index (Phi) is 6.32. The maximum atomic E-state index is 12.3. The van der Waals surface area contributed by atoms with Gasteiger partial charge < -0.3 is 9.84 Å². The number of esters is 1. The molecule has 0 aliphatic rings. The number of aliphatic hydroxyl groups excluding tert-OH is 1. The molecule has 1 unspecified atom stereocenters. The van der Waals surface area contributed by atoms with Crippen molar-refractivity contribution in [2.45, 2.75) is 31.2 Å². The molecule has 1 atom stereocenters. The Morgan fingerprint density at radius 1 is 1.29 bits per heavy atom. The van der Waals surface area contributed by atoms with Gasteiger partial charge in [-0.2, -0.15) is 0 Å². The maximum Gasteiger partial charge on any atom is 0.337 e. The summed E-state index contributed by atoms with van der Waals surface area (Å²) in [5.41, 5.74) is 0.284. The van der Waals surface area contributed by atoms with E-state index in [0.29, 0.717) is 6.42 Å². The Morgan fingerprint density at radius 2 is 1.86 bits per heavy atom. The van der Waals surface area contributed by atoms with Crippen molar-refractivity contribution in [3.8, 4) is 0 Å². The molecule has 1 rings (SSSR count). The van der Waals surface area contributed by atoms with Gasteiger partial charge in [-0.05, 0) is 36.6 Å². The first-order chi connectivity index (χ1) is 9.81. The van der Waals surface area contributed by atoms with Crippen LogP contribution in [0.2, 0.25) is 0 Å². The Hall–Kier alpha value is -1.44. The summed E-state index contributed by atoms with van der Waals surface area (Å²) in [6.07, 6.45) is 0.344. The van der Waals surface area contributed by atoms with E-state index in [4.69, 9.17) is 5.11 Å². The molecule has 0 aromatic heterocycles. The van der Waals surface area contributed by atoms with Crippen molar-refractivity contribution in [2.24, 2.45) is 5.92 Å². The zero-order chi connectivity index (χ0) is 16.0. The highest BCUT2D eigenvalue weighted by Crippen LogP contribution is 2.15. The first-order valence-electron chi connectivity index (χ1n) is 6.63. The van der Waals surface area contributed by atoms with Gasteiger partial charge in [0.1, 0.15) is 0 Å². The smallest absolute Gasteiger partial charge is 0.337 e. The van der Waals surface area contributed by atoms with E-state index in [2.05, 4.69) is 9.46 Å². The maximum absolute atomic E-state index is 12.3. The fourth-order valence-electron chi connectivity index (χ4n) is 1.82. The molecule has 0 amide bonds. The first kappa shape index (κ1) is 17.6. The molecule has 0 radical (unpaired) electrons. The summed E-state index contributed by atoms with van der Waals surface area (Å²) < 4.78 is 31.7. The number of carbonyl (C=O) groups is 1. The zero-order valence-electron chi connectivity index (χ0n) is 12.4. The molecule has 0 saturated carbocycles. The highest BCUT2D eigenvalue weighted by atomic mass is 32.2. The summed E-state index contributed by atoms with van der Waals surface area (Å²) in [4.78, 5) is 11.4. The van der Waals surface area contributed by atoms with Crippen LogP contribution in [0.4, 0.5) is 0 Å². The molecule has 0 fully saturated rings. The standard InChI is InChI=1S/C14H21NO5S/c1-10(2)13(8-9-16)15-21(18,19)12-6-4-11(5-7-12)14(17)20-3/h4-7,10,13,15-16H,8-9H2,1-3H3. The molecule has 0 saturated heterocycles. The SMILES string of the molecule is COC(=O)c1ccc(S(=O)(=O)NC(CCO)C(C)C)cc1. The van der Waals surface area contributed by atoms with Crippen molar-refractivity contribution in [2.75, 3.05) is 13.7 Å². The molecule has 0 aliphatic heterocycles. The number of rotatable bonds is 7. The van der Waals surface area contributed by atoms with E-state index >= 15 is 0 Å². The second kappa shape index (κ2) is 7.53. The van der Waals surface area contributed by atoms with Gasteiger partial charge in [0.25, 0.3) is 0 Å². The third-order valence-corrected chi connectivity index (χ3v) is 4.64. The predicted octanol–water partition coefficient (Wildman–Crippen LogP) is 1.16. The van der Waals surface area contributed by atoms with E-state index in [1.165, 1.54) is 31.4 Å². The molecule has 21 heavy (non-hydrogen) atoms. The number of carbonyl (C=O) groups excluding carboxylic acids is 1. The molecule has 1 aromatic carbocycles. The number of ether oxygens (including phenoxy) is 1. The summed E-state index contributed by atoms with van der Waals surface area (Å²) in [5.74, 6) is -0.464. The van der Waals surface area contributed by atoms with Gasteiger partial charge in [-0.15, -0.1) is 0 Å². The van der Waals surface area contributed by atoms with Crippen molar-refractivity contribution < 1.29 is 23.1 Å². The Bertz CT molecular complexity index is 566. The van der Waals surface area contributed by atoms with Gasteiger partial charge in [-0.1, -0.05) is 13.8 Å². The van der Waals surface area contributed by atoms with E-state index < -0.39 is 16.0 Å². The zero-order valence-corrected chi connectivity index (χ0v) is 13.2. The normalized spacial score (nSPS) is 13.2. The summed E-state index contributed by atoms with van der Waals surface area (Å²) >= 11 is 0. The van der Waals surface area contributed by atoms with E-state index in [1.807, 2.05) is 13.8 Å². The number of hydrogen-bond donors (Lipinski definition) is 2. The first-order valence-corrected chi connectivity index (χ1v) is 8.11. The molecule has 118 valence electrons. The minimum Gasteiger partial charge on any atom is -0.465 e. The van der Waals surface area contributed by atoms with Gasteiger partial charge in [0.05, 0.1) is 17.6 Å². The topological polar surface area (TPSA) is 92.7 Å². The average Bonchev–Trinajstić information content (AvgIpc) is 2.45. The van der Waals surface area contributed by atoms with Crippen molar-refractivity contribution in [3.63, 3.8) is 0 Å². The minimum atomic E-state index is -3.69. The molecule has 0 spiro atoms. The predicted molar refractivity (Wildman–Crippen MR) is 78.4 cm³/mol. The highest BCUT2D eigenvalue weighted by Gasteiger charge is 2.22. The van der Waals surface area contributed by atoms with Crippen molar-refractivity contribution in [1.29, 1.82) is 0 Å². The van der Waals surface area contributed by atoms with Crippen LogP contribution in [0.15, 0.2) is 29.2 Å². The van der Waals surface area contributed by atoms with Crippen LogP contribution in [0, 0.1) is 5.92 Å². The number of hydrogen-bond acceptors (Lipinski definition) is 5. The van der Waals surface area contributed by atoms with Crippen LogP contribution in [0.25, 0.3) is 0 Å². The third kappa shape index (κ3) is 4.80. The molecule has 1 aromatic rings. The number of nitrogens with one attached hydrogen (secondary N) is 1. The lowest BCUT2D eigenvalue weighted by molar-refractivity contribution is 0.0600. The molecule has 2 N–H and O–H groups in total. The Morgan fingerprint density at radius 3 is 2.29 bits per heavy atom. The summed E-state index contributed by atoms with van der Waals surface area (Å²) in [6, 6.07) is 5.16. The number of benzene rings is 1. The molecule has 0 bridgehead atoms. The fourth-order valence-corrected chi connectivity index (χ4v) is 3.24. The number of sulfonamides is 1. The van der Waals surface area contributed by atoms with Crippen molar-refractivity contribution >= 4 is 16.0 Å². The van der Waals surface area contributed by atoms with Crippen LogP contribution in [-0.4, -0.2) is 39.3 Å². The van der Waals surface area contributed by atoms with Crippen LogP contribution in [0.3, 0.4) is 0 Å². The molecule has 6 nitrogen and oxygen atoms in total. The second-order valence-electron chi connectivity index (χ2n) is 5.00. The Labute approximate surface area is 125 Å². The minimum absolute atomic E-state index is 0.0567. The van der Waals surface area contributed by atoms with Crippen molar-refractivity contribution in [3.05, 3.63) is 29.8 Å². The largest absolute Gasteiger partial charge is 0.465 e.